The highest BCUT2D eigenvalue weighted by Crippen LogP contribution is 2.37. The summed E-state index contributed by atoms with van der Waals surface area (Å²) in [4.78, 5) is 0. The number of anilines is 1. The fourth-order valence-electron chi connectivity index (χ4n) is 2.81. The minimum atomic E-state index is -0.282. The third kappa shape index (κ3) is 3.07. The molecule has 0 aromatic heterocycles. The van der Waals surface area contributed by atoms with Gasteiger partial charge in [0, 0.05) is 34.1 Å². The van der Waals surface area contributed by atoms with E-state index in [0.717, 1.165) is 54.1 Å². The van der Waals surface area contributed by atoms with E-state index >= 15 is 0 Å². The van der Waals surface area contributed by atoms with Crippen LogP contribution in [0.4, 0.5) is 5.69 Å². The average Bonchev–Trinajstić information content (AvgIpc) is 2.84. The van der Waals surface area contributed by atoms with Gasteiger partial charge in [0.15, 0.2) is 5.79 Å². The largest absolute Gasteiger partial charge is 0.381 e. The Morgan fingerprint density at radius 2 is 1.89 bits per heavy atom. The van der Waals surface area contributed by atoms with Crippen LogP contribution in [0.15, 0.2) is 22.7 Å². The molecule has 1 aliphatic carbocycles. The highest BCUT2D eigenvalue weighted by atomic mass is 79.9. The Hall–Kier alpha value is -0.290. The van der Waals surface area contributed by atoms with Crippen LogP contribution in [0.5, 0.6) is 0 Å². The molecule has 1 heterocycles. The second-order valence-electron chi connectivity index (χ2n) is 5.15. The number of halogens is 2. The molecule has 1 aromatic carbocycles. The Kier molecular flexibility index (Phi) is 4.03. The Bertz CT molecular complexity index is 453. The van der Waals surface area contributed by atoms with Crippen LogP contribution in [0.1, 0.15) is 25.7 Å². The van der Waals surface area contributed by atoms with E-state index in [-0.39, 0.29) is 5.79 Å². The van der Waals surface area contributed by atoms with Crippen molar-refractivity contribution in [1.29, 1.82) is 0 Å². The zero-order valence-corrected chi connectivity index (χ0v) is 13.0. The van der Waals surface area contributed by atoms with Gasteiger partial charge in [-0.2, -0.15) is 0 Å². The van der Waals surface area contributed by atoms with Gasteiger partial charge >= 0.3 is 0 Å². The zero-order chi connectivity index (χ0) is 13.3. The van der Waals surface area contributed by atoms with E-state index in [1.807, 2.05) is 18.2 Å². The Balaban J connectivity index is 1.60. The Labute approximate surface area is 126 Å². The topological polar surface area (TPSA) is 30.5 Å². The van der Waals surface area contributed by atoms with Crippen LogP contribution in [0.2, 0.25) is 5.02 Å². The second kappa shape index (κ2) is 5.60. The molecule has 19 heavy (non-hydrogen) atoms. The van der Waals surface area contributed by atoms with Gasteiger partial charge in [0.25, 0.3) is 0 Å². The third-order valence-electron chi connectivity index (χ3n) is 3.85. The number of hydrogen-bond donors (Lipinski definition) is 1. The molecule has 2 fully saturated rings. The number of nitrogens with one attached hydrogen (secondary N) is 1. The highest BCUT2D eigenvalue weighted by molar-refractivity contribution is 9.10. The van der Waals surface area contributed by atoms with Crippen molar-refractivity contribution in [3.05, 3.63) is 27.7 Å². The summed E-state index contributed by atoms with van der Waals surface area (Å²) in [5.41, 5.74) is 1.10. The normalized spacial score (nSPS) is 22.8. The SMILES string of the molecule is Clc1ccc(NC2CCC3(CC2)OCCO3)c(Br)c1. The van der Waals surface area contributed by atoms with E-state index in [1.54, 1.807) is 0 Å². The maximum absolute atomic E-state index is 5.95. The van der Waals surface area contributed by atoms with E-state index in [9.17, 15) is 0 Å². The van der Waals surface area contributed by atoms with Crippen molar-refractivity contribution in [1.82, 2.24) is 0 Å². The third-order valence-corrected chi connectivity index (χ3v) is 4.74. The van der Waals surface area contributed by atoms with Gasteiger partial charge in [-0.05, 0) is 47.0 Å². The number of hydrogen-bond acceptors (Lipinski definition) is 3. The monoisotopic (exact) mass is 345 g/mol. The first kappa shape index (κ1) is 13.7. The van der Waals surface area contributed by atoms with Gasteiger partial charge in [0.05, 0.1) is 13.2 Å². The fraction of sp³-hybridized carbons (Fsp3) is 0.571. The first-order valence-electron chi connectivity index (χ1n) is 6.66. The molecule has 0 bridgehead atoms. The predicted molar refractivity (Wildman–Crippen MR) is 79.7 cm³/mol. The lowest BCUT2D eigenvalue weighted by Gasteiger charge is -2.36. The van der Waals surface area contributed by atoms with Gasteiger partial charge in [0.1, 0.15) is 0 Å². The fourth-order valence-corrected chi connectivity index (χ4v) is 3.61. The van der Waals surface area contributed by atoms with E-state index < -0.39 is 0 Å². The van der Waals surface area contributed by atoms with E-state index in [0.29, 0.717) is 6.04 Å². The quantitative estimate of drug-likeness (QED) is 0.870. The highest BCUT2D eigenvalue weighted by Gasteiger charge is 2.40. The number of ether oxygens (including phenoxy) is 2. The number of rotatable bonds is 2. The van der Waals surface area contributed by atoms with E-state index in [2.05, 4.69) is 21.2 Å². The lowest BCUT2D eigenvalue weighted by Crippen LogP contribution is -2.39. The first-order chi connectivity index (χ1) is 9.17. The Morgan fingerprint density at radius 1 is 1.21 bits per heavy atom. The number of benzene rings is 1. The van der Waals surface area contributed by atoms with Crippen LogP contribution < -0.4 is 5.32 Å². The van der Waals surface area contributed by atoms with Gasteiger partial charge in [0.2, 0.25) is 0 Å². The molecule has 1 aromatic rings. The van der Waals surface area contributed by atoms with Crippen molar-refractivity contribution in [2.45, 2.75) is 37.5 Å². The van der Waals surface area contributed by atoms with Gasteiger partial charge in [-0.15, -0.1) is 0 Å². The first-order valence-corrected chi connectivity index (χ1v) is 7.83. The molecule has 104 valence electrons. The van der Waals surface area contributed by atoms with Crippen molar-refractivity contribution >= 4 is 33.2 Å². The maximum atomic E-state index is 5.95. The molecule has 3 rings (SSSR count). The van der Waals surface area contributed by atoms with Crippen molar-refractivity contribution in [2.75, 3.05) is 18.5 Å². The summed E-state index contributed by atoms with van der Waals surface area (Å²) in [6, 6.07) is 6.30. The molecule has 0 unspecified atom stereocenters. The summed E-state index contributed by atoms with van der Waals surface area (Å²) in [5, 5.41) is 4.31. The van der Waals surface area contributed by atoms with Crippen LogP contribution in [0, 0.1) is 0 Å². The smallest absolute Gasteiger partial charge is 0.168 e. The standard InChI is InChI=1S/C14H17BrClNO2/c15-12-9-10(16)1-2-13(12)17-11-3-5-14(6-4-11)18-7-8-19-14/h1-2,9,11,17H,3-8H2. The van der Waals surface area contributed by atoms with Gasteiger partial charge < -0.3 is 14.8 Å². The van der Waals surface area contributed by atoms with E-state index in [1.165, 1.54) is 0 Å². The molecule has 1 spiro atoms. The maximum Gasteiger partial charge on any atom is 0.168 e. The van der Waals surface area contributed by atoms with Crippen molar-refractivity contribution < 1.29 is 9.47 Å². The van der Waals surface area contributed by atoms with Crippen LogP contribution in [-0.4, -0.2) is 25.0 Å². The molecule has 1 saturated heterocycles. The molecule has 0 radical (unpaired) electrons. The summed E-state index contributed by atoms with van der Waals surface area (Å²) in [6.07, 6.45) is 4.07. The molecule has 3 nitrogen and oxygen atoms in total. The molecule has 5 heteroatoms. The van der Waals surface area contributed by atoms with E-state index in [4.69, 9.17) is 21.1 Å². The summed E-state index contributed by atoms with van der Waals surface area (Å²) in [5.74, 6) is -0.282. The molecule has 0 atom stereocenters. The van der Waals surface area contributed by atoms with Crippen molar-refractivity contribution in [2.24, 2.45) is 0 Å². The van der Waals surface area contributed by atoms with Crippen LogP contribution in [-0.2, 0) is 9.47 Å². The molecule has 1 saturated carbocycles. The van der Waals surface area contributed by atoms with Gasteiger partial charge in [-0.25, -0.2) is 0 Å². The molecule has 2 aliphatic rings. The molecule has 1 aliphatic heterocycles. The van der Waals surface area contributed by atoms with Crippen LogP contribution in [0.3, 0.4) is 0 Å². The van der Waals surface area contributed by atoms with Crippen LogP contribution in [0.25, 0.3) is 0 Å². The van der Waals surface area contributed by atoms with Gasteiger partial charge in [-0.3, -0.25) is 0 Å². The summed E-state index contributed by atoms with van der Waals surface area (Å²) in [6.45, 7) is 1.47. The van der Waals surface area contributed by atoms with Crippen LogP contribution >= 0.6 is 27.5 Å². The minimum Gasteiger partial charge on any atom is -0.381 e. The molecule has 1 N–H and O–H groups in total. The minimum absolute atomic E-state index is 0.282. The lowest BCUT2D eigenvalue weighted by atomic mass is 9.90. The predicted octanol–water partition coefficient (Wildman–Crippen LogP) is 4.20. The molecular formula is C14H17BrClNO2. The lowest BCUT2D eigenvalue weighted by molar-refractivity contribution is -0.177. The van der Waals surface area contributed by atoms with Gasteiger partial charge in [-0.1, -0.05) is 11.6 Å². The Morgan fingerprint density at radius 3 is 2.53 bits per heavy atom. The molecular weight excluding hydrogens is 330 g/mol. The molecule has 0 amide bonds. The van der Waals surface area contributed by atoms with Crippen molar-refractivity contribution in [3.8, 4) is 0 Å². The zero-order valence-electron chi connectivity index (χ0n) is 10.6. The summed E-state index contributed by atoms with van der Waals surface area (Å²) in [7, 11) is 0. The van der Waals surface area contributed by atoms with Crippen molar-refractivity contribution in [3.63, 3.8) is 0 Å². The second-order valence-corrected chi connectivity index (χ2v) is 6.44. The average molecular weight is 347 g/mol. The summed E-state index contributed by atoms with van der Waals surface area (Å²) >= 11 is 9.49. The summed E-state index contributed by atoms with van der Waals surface area (Å²) < 4.78 is 12.5.